The first-order valence-corrected chi connectivity index (χ1v) is 6.26. The second kappa shape index (κ2) is 15.9. The summed E-state index contributed by atoms with van der Waals surface area (Å²) in [4.78, 5) is 10.9. The van der Waals surface area contributed by atoms with Gasteiger partial charge in [-0.15, -0.1) is 0 Å². The van der Waals surface area contributed by atoms with Crippen LogP contribution >= 0.6 is 15.9 Å². The van der Waals surface area contributed by atoms with Crippen LogP contribution in [-0.4, -0.2) is 18.4 Å². The average Bonchev–Trinajstić information content (AvgIpc) is 2.34. The van der Waals surface area contributed by atoms with E-state index in [-0.39, 0.29) is 5.97 Å². The number of ether oxygens (including phenoxy) is 1. The molecule has 0 aromatic heterocycles. The third-order valence-corrected chi connectivity index (χ3v) is 1.97. The molecular formula is C12H23BrO2. The molecule has 0 aromatic carbocycles. The molecule has 2 nitrogen and oxygen atoms in total. The number of alkyl halides is 1. The van der Waals surface area contributed by atoms with Crippen molar-refractivity contribution in [2.45, 2.75) is 34.6 Å². The SMILES string of the molecule is C=C/C(CBr)=C(\C)C(=O)OC.CC.CC. The van der Waals surface area contributed by atoms with Gasteiger partial charge in [0.15, 0.2) is 0 Å². The first-order valence-electron chi connectivity index (χ1n) is 5.13. The molecule has 0 aliphatic heterocycles. The lowest BCUT2D eigenvalue weighted by Crippen LogP contribution is -2.04. The molecule has 0 fully saturated rings. The van der Waals surface area contributed by atoms with Crippen LogP contribution in [0.5, 0.6) is 0 Å². The minimum atomic E-state index is -0.306. The van der Waals surface area contributed by atoms with Crippen molar-refractivity contribution >= 4 is 21.9 Å². The summed E-state index contributed by atoms with van der Waals surface area (Å²) in [7, 11) is 1.36. The van der Waals surface area contributed by atoms with Crippen LogP contribution in [0.25, 0.3) is 0 Å². The van der Waals surface area contributed by atoms with Gasteiger partial charge in [0, 0.05) is 10.9 Å². The smallest absolute Gasteiger partial charge is 0.333 e. The molecular weight excluding hydrogens is 256 g/mol. The van der Waals surface area contributed by atoms with Crippen molar-refractivity contribution in [2.75, 3.05) is 12.4 Å². The molecule has 0 heterocycles. The molecule has 0 N–H and O–H groups in total. The number of hydrogen-bond acceptors (Lipinski definition) is 2. The van der Waals surface area contributed by atoms with E-state index < -0.39 is 0 Å². The van der Waals surface area contributed by atoms with Gasteiger partial charge in [-0.05, 0) is 12.5 Å². The molecule has 90 valence electrons. The maximum absolute atomic E-state index is 10.9. The molecule has 0 bridgehead atoms. The van der Waals surface area contributed by atoms with E-state index in [1.807, 2.05) is 27.7 Å². The zero-order valence-corrected chi connectivity index (χ0v) is 12.3. The molecule has 15 heavy (non-hydrogen) atoms. The predicted octanol–water partition coefficient (Wildman–Crippen LogP) is 4.11. The van der Waals surface area contributed by atoms with Gasteiger partial charge in [0.2, 0.25) is 0 Å². The Labute approximate surface area is 103 Å². The van der Waals surface area contributed by atoms with Crippen LogP contribution in [0.4, 0.5) is 0 Å². The first-order chi connectivity index (χ1) is 7.17. The number of rotatable bonds is 3. The summed E-state index contributed by atoms with van der Waals surface area (Å²) in [6.07, 6.45) is 1.64. The van der Waals surface area contributed by atoms with Gasteiger partial charge in [0.05, 0.1) is 7.11 Å². The summed E-state index contributed by atoms with van der Waals surface area (Å²) in [5.74, 6) is -0.306. The molecule has 0 radical (unpaired) electrons. The molecule has 3 heteroatoms. The Hall–Kier alpha value is -0.570. The number of halogens is 1. The highest BCUT2D eigenvalue weighted by molar-refractivity contribution is 9.09. The van der Waals surface area contributed by atoms with E-state index in [1.165, 1.54) is 7.11 Å². The summed E-state index contributed by atoms with van der Waals surface area (Å²) in [5.41, 5.74) is 1.45. The third-order valence-electron chi connectivity index (χ3n) is 1.36. The average molecular weight is 279 g/mol. The van der Waals surface area contributed by atoms with Gasteiger partial charge in [0.25, 0.3) is 0 Å². The van der Waals surface area contributed by atoms with Gasteiger partial charge in [0.1, 0.15) is 0 Å². The Balaban J connectivity index is -0.000000318. The molecule has 0 saturated heterocycles. The number of allylic oxidation sites excluding steroid dienone is 2. The van der Waals surface area contributed by atoms with Gasteiger partial charge in [-0.2, -0.15) is 0 Å². The van der Waals surface area contributed by atoms with Gasteiger partial charge < -0.3 is 4.74 Å². The third kappa shape index (κ3) is 9.73. The minimum Gasteiger partial charge on any atom is -0.466 e. The number of carbonyl (C=O) groups excluding carboxylic acids is 1. The summed E-state index contributed by atoms with van der Waals surface area (Å²) in [6.45, 7) is 13.3. The van der Waals surface area contributed by atoms with Crippen molar-refractivity contribution in [1.29, 1.82) is 0 Å². The molecule has 0 aliphatic rings. The van der Waals surface area contributed by atoms with E-state index in [0.717, 1.165) is 5.57 Å². The van der Waals surface area contributed by atoms with Crippen LogP contribution in [0.3, 0.4) is 0 Å². The van der Waals surface area contributed by atoms with E-state index in [4.69, 9.17) is 0 Å². The summed E-state index contributed by atoms with van der Waals surface area (Å²) in [6, 6.07) is 0. The van der Waals surface area contributed by atoms with Crippen molar-refractivity contribution in [2.24, 2.45) is 0 Å². The Morgan fingerprint density at radius 2 is 1.73 bits per heavy atom. The lowest BCUT2D eigenvalue weighted by molar-refractivity contribution is -0.136. The van der Waals surface area contributed by atoms with Crippen molar-refractivity contribution < 1.29 is 9.53 Å². The Bertz CT molecular complexity index is 196. The van der Waals surface area contributed by atoms with E-state index in [0.29, 0.717) is 10.9 Å². The van der Waals surface area contributed by atoms with Crippen molar-refractivity contribution in [3.05, 3.63) is 23.8 Å². The van der Waals surface area contributed by atoms with E-state index in [2.05, 4.69) is 27.2 Å². The van der Waals surface area contributed by atoms with E-state index in [9.17, 15) is 4.79 Å². The highest BCUT2D eigenvalue weighted by atomic mass is 79.9. The van der Waals surface area contributed by atoms with Crippen molar-refractivity contribution in [3.63, 3.8) is 0 Å². The minimum absolute atomic E-state index is 0.306. The molecule has 0 amide bonds. The van der Waals surface area contributed by atoms with Crippen LogP contribution in [0.1, 0.15) is 34.6 Å². The number of esters is 1. The molecule has 0 atom stereocenters. The molecule has 0 spiro atoms. The zero-order chi connectivity index (χ0) is 12.9. The second-order valence-electron chi connectivity index (χ2n) is 1.98. The normalized spacial score (nSPS) is 9.53. The molecule has 0 rings (SSSR count). The quantitative estimate of drug-likeness (QED) is 0.336. The standard InChI is InChI=1S/C8H11BrO2.2C2H6/c1-4-7(5-9)6(2)8(10)11-3;2*1-2/h4H,1,5H2,2-3H3;2*1-2H3/b7-6-;;. The van der Waals surface area contributed by atoms with E-state index in [1.54, 1.807) is 13.0 Å². The van der Waals surface area contributed by atoms with Crippen molar-refractivity contribution in [3.8, 4) is 0 Å². The van der Waals surface area contributed by atoms with Crippen molar-refractivity contribution in [1.82, 2.24) is 0 Å². The maximum atomic E-state index is 10.9. The summed E-state index contributed by atoms with van der Waals surface area (Å²) in [5, 5.41) is 0.622. The molecule has 0 saturated carbocycles. The second-order valence-corrected chi connectivity index (χ2v) is 2.54. The van der Waals surface area contributed by atoms with Gasteiger partial charge in [-0.25, -0.2) is 4.79 Å². The lowest BCUT2D eigenvalue weighted by Gasteiger charge is -2.02. The Morgan fingerprint density at radius 1 is 1.33 bits per heavy atom. The fourth-order valence-electron chi connectivity index (χ4n) is 0.592. The van der Waals surface area contributed by atoms with Gasteiger partial charge in [-0.3, -0.25) is 0 Å². The fourth-order valence-corrected chi connectivity index (χ4v) is 1.24. The van der Waals surface area contributed by atoms with E-state index >= 15 is 0 Å². The first kappa shape index (κ1) is 19.9. The summed E-state index contributed by atoms with van der Waals surface area (Å²) < 4.78 is 4.53. The number of methoxy groups -OCH3 is 1. The topological polar surface area (TPSA) is 26.3 Å². The molecule has 0 aliphatic carbocycles. The molecule has 0 unspecified atom stereocenters. The van der Waals surface area contributed by atoms with Crippen LogP contribution in [-0.2, 0) is 9.53 Å². The fraction of sp³-hybridized carbons (Fsp3) is 0.583. The van der Waals surface area contributed by atoms with Crippen LogP contribution in [0, 0.1) is 0 Å². The van der Waals surface area contributed by atoms with Crippen LogP contribution < -0.4 is 0 Å². The largest absolute Gasteiger partial charge is 0.466 e. The Kier molecular flexibility index (Phi) is 21.1. The monoisotopic (exact) mass is 278 g/mol. The van der Waals surface area contributed by atoms with Crippen LogP contribution in [0.2, 0.25) is 0 Å². The maximum Gasteiger partial charge on any atom is 0.333 e. The predicted molar refractivity (Wildman–Crippen MR) is 71.4 cm³/mol. The lowest BCUT2D eigenvalue weighted by atomic mass is 10.1. The molecule has 0 aromatic rings. The number of hydrogen-bond donors (Lipinski definition) is 0. The highest BCUT2D eigenvalue weighted by Crippen LogP contribution is 2.09. The summed E-state index contributed by atoms with van der Waals surface area (Å²) >= 11 is 3.24. The number of carbonyl (C=O) groups is 1. The Morgan fingerprint density at radius 3 is 1.93 bits per heavy atom. The zero-order valence-electron chi connectivity index (χ0n) is 10.7. The van der Waals surface area contributed by atoms with Crippen LogP contribution in [0.15, 0.2) is 23.8 Å². The van der Waals surface area contributed by atoms with Gasteiger partial charge >= 0.3 is 5.97 Å². The van der Waals surface area contributed by atoms with Gasteiger partial charge in [-0.1, -0.05) is 56.3 Å². The highest BCUT2D eigenvalue weighted by Gasteiger charge is 2.06.